The summed E-state index contributed by atoms with van der Waals surface area (Å²) in [6, 6.07) is 0.430. The van der Waals surface area contributed by atoms with Crippen LogP contribution in [-0.2, 0) is 0 Å². The molecule has 0 saturated carbocycles. The van der Waals surface area contributed by atoms with Gasteiger partial charge in [0, 0.05) is 22.2 Å². The van der Waals surface area contributed by atoms with Gasteiger partial charge >= 0.3 is 0 Å². The van der Waals surface area contributed by atoms with Crippen molar-refractivity contribution in [1.82, 2.24) is 10.3 Å². The van der Waals surface area contributed by atoms with Crippen molar-refractivity contribution in [2.75, 3.05) is 12.3 Å². The molecule has 1 aromatic rings. The Bertz CT molecular complexity index is 381. The molecule has 0 amide bonds. The number of nitrogens with one attached hydrogen (secondary N) is 1. The molecule has 0 aliphatic carbocycles. The van der Waals surface area contributed by atoms with E-state index < -0.39 is 0 Å². The molecule has 96 valence electrons. The van der Waals surface area contributed by atoms with Crippen LogP contribution in [0.2, 0.25) is 0 Å². The van der Waals surface area contributed by atoms with Gasteiger partial charge in [-0.15, -0.1) is 11.3 Å². The molecule has 0 aromatic carbocycles. The zero-order chi connectivity index (χ0) is 12.5. The highest BCUT2D eigenvalue weighted by Crippen LogP contribution is 2.37. The van der Waals surface area contributed by atoms with E-state index in [1.165, 1.54) is 34.2 Å². The Morgan fingerprint density at radius 3 is 2.76 bits per heavy atom. The summed E-state index contributed by atoms with van der Waals surface area (Å²) in [5, 5.41) is 4.86. The maximum Gasteiger partial charge on any atom is 0.0900 e. The van der Waals surface area contributed by atoms with E-state index in [4.69, 9.17) is 0 Å². The Morgan fingerprint density at radius 2 is 2.24 bits per heavy atom. The molecule has 17 heavy (non-hydrogen) atoms. The molecule has 0 spiro atoms. The average molecular weight is 270 g/mol. The lowest BCUT2D eigenvalue weighted by Crippen LogP contribution is -2.34. The van der Waals surface area contributed by atoms with Gasteiger partial charge in [0.25, 0.3) is 0 Å². The molecule has 2 rings (SSSR count). The van der Waals surface area contributed by atoms with E-state index in [9.17, 15) is 0 Å². The second-order valence-electron chi connectivity index (χ2n) is 5.19. The van der Waals surface area contributed by atoms with Crippen LogP contribution in [0.15, 0.2) is 0 Å². The SMILES string of the molecule is Cc1nc(C)c(C(C)NCC2(C)CCCS2)s1. The fourth-order valence-electron chi connectivity index (χ4n) is 2.39. The molecule has 2 unspecified atom stereocenters. The largest absolute Gasteiger partial charge is 0.308 e. The third-order valence-corrected chi connectivity index (χ3v) is 6.21. The highest BCUT2D eigenvalue weighted by atomic mass is 32.2. The molecule has 1 saturated heterocycles. The number of hydrogen-bond donors (Lipinski definition) is 1. The Kier molecular flexibility index (Phi) is 4.16. The van der Waals surface area contributed by atoms with Gasteiger partial charge < -0.3 is 5.32 Å². The fraction of sp³-hybridized carbons (Fsp3) is 0.769. The van der Waals surface area contributed by atoms with Crippen LogP contribution in [0.4, 0.5) is 0 Å². The van der Waals surface area contributed by atoms with E-state index in [2.05, 4.69) is 49.8 Å². The third-order valence-electron chi connectivity index (χ3n) is 3.42. The Labute approximate surface area is 113 Å². The van der Waals surface area contributed by atoms with Gasteiger partial charge in [-0.25, -0.2) is 4.98 Å². The van der Waals surface area contributed by atoms with Crippen molar-refractivity contribution in [3.05, 3.63) is 15.6 Å². The van der Waals surface area contributed by atoms with Crippen molar-refractivity contribution in [2.45, 2.75) is 51.3 Å². The summed E-state index contributed by atoms with van der Waals surface area (Å²) in [5.41, 5.74) is 1.19. The van der Waals surface area contributed by atoms with Crippen molar-refractivity contribution in [3.8, 4) is 0 Å². The van der Waals surface area contributed by atoms with E-state index in [-0.39, 0.29) is 0 Å². The van der Waals surface area contributed by atoms with Gasteiger partial charge in [-0.1, -0.05) is 0 Å². The summed E-state index contributed by atoms with van der Waals surface area (Å²) >= 11 is 3.94. The van der Waals surface area contributed by atoms with Gasteiger partial charge in [0.2, 0.25) is 0 Å². The summed E-state index contributed by atoms with van der Waals surface area (Å²) < 4.78 is 0.446. The first-order chi connectivity index (χ1) is 8.00. The Hall–Kier alpha value is -0.0600. The van der Waals surface area contributed by atoms with Gasteiger partial charge in [0.1, 0.15) is 0 Å². The zero-order valence-corrected chi connectivity index (χ0v) is 12.8. The van der Waals surface area contributed by atoms with Gasteiger partial charge in [-0.05, 0) is 46.3 Å². The number of aryl methyl sites for hydroxylation is 2. The molecule has 2 nitrogen and oxygen atoms in total. The first-order valence-electron chi connectivity index (χ1n) is 6.31. The summed E-state index contributed by atoms with van der Waals surface area (Å²) in [6.07, 6.45) is 2.72. The van der Waals surface area contributed by atoms with E-state index in [1.807, 2.05) is 11.3 Å². The molecule has 2 heterocycles. The molecule has 4 heteroatoms. The van der Waals surface area contributed by atoms with Crippen LogP contribution in [0, 0.1) is 13.8 Å². The van der Waals surface area contributed by atoms with Crippen LogP contribution in [0.3, 0.4) is 0 Å². The van der Waals surface area contributed by atoms with Gasteiger partial charge in [0.15, 0.2) is 0 Å². The third kappa shape index (κ3) is 3.24. The molecule has 0 bridgehead atoms. The first-order valence-corrected chi connectivity index (χ1v) is 8.12. The van der Waals surface area contributed by atoms with Crippen LogP contribution < -0.4 is 5.32 Å². The molecule has 1 N–H and O–H groups in total. The monoisotopic (exact) mass is 270 g/mol. The lowest BCUT2D eigenvalue weighted by atomic mass is 10.1. The molecular formula is C13H22N2S2. The van der Waals surface area contributed by atoms with Gasteiger partial charge in [-0.3, -0.25) is 0 Å². The number of aromatic nitrogens is 1. The lowest BCUT2D eigenvalue weighted by Gasteiger charge is -2.25. The number of rotatable bonds is 4. The Balaban J connectivity index is 1.93. The van der Waals surface area contributed by atoms with Crippen LogP contribution in [0.25, 0.3) is 0 Å². The molecule has 1 aliphatic heterocycles. The number of nitrogens with zero attached hydrogens (tertiary/aromatic N) is 1. The van der Waals surface area contributed by atoms with E-state index in [1.54, 1.807) is 0 Å². The van der Waals surface area contributed by atoms with Crippen LogP contribution in [-0.4, -0.2) is 22.0 Å². The van der Waals surface area contributed by atoms with Crippen molar-refractivity contribution in [1.29, 1.82) is 0 Å². The average Bonchev–Trinajstić information content (AvgIpc) is 2.83. The predicted octanol–water partition coefficient (Wildman–Crippen LogP) is 3.70. The Morgan fingerprint density at radius 1 is 1.47 bits per heavy atom. The smallest absolute Gasteiger partial charge is 0.0900 e. The standard InChI is InChI=1S/C13H22N2S2/c1-9(12-10(2)15-11(3)17-12)14-8-13(4)6-5-7-16-13/h9,14H,5-8H2,1-4H3. The molecule has 2 atom stereocenters. The quantitative estimate of drug-likeness (QED) is 0.903. The fourth-order valence-corrected chi connectivity index (χ4v) is 4.60. The van der Waals surface area contributed by atoms with Crippen LogP contribution >= 0.6 is 23.1 Å². The topological polar surface area (TPSA) is 24.9 Å². The van der Waals surface area contributed by atoms with Crippen molar-refractivity contribution >= 4 is 23.1 Å². The van der Waals surface area contributed by atoms with Crippen molar-refractivity contribution < 1.29 is 0 Å². The molecule has 1 aromatic heterocycles. The number of hydrogen-bond acceptors (Lipinski definition) is 4. The minimum Gasteiger partial charge on any atom is -0.308 e. The normalized spacial score (nSPS) is 26.4. The summed E-state index contributed by atoms with van der Waals surface area (Å²) in [4.78, 5) is 5.90. The van der Waals surface area contributed by atoms with Crippen LogP contribution in [0.5, 0.6) is 0 Å². The van der Waals surface area contributed by atoms with E-state index >= 15 is 0 Å². The molecular weight excluding hydrogens is 248 g/mol. The predicted molar refractivity (Wildman–Crippen MR) is 78.1 cm³/mol. The number of thiazole rings is 1. The lowest BCUT2D eigenvalue weighted by molar-refractivity contribution is 0.493. The maximum atomic E-state index is 4.50. The summed E-state index contributed by atoms with van der Waals surface area (Å²) in [7, 11) is 0. The maximum absolute atomic E-state index is 4.50. The van der Waals surface area contributed by atoms with Crippen LogP contribution in [0.1, 0.15) is 48.3 Å². The minimum absolute atomic E-state index is 0.430. The molecule has 1 fully saturated rings. The number of thioether (sulfide) groups is 1. The molecule has 0 radical (unpaired) electrons. The highest BCUT2D eigenvalue weighted by Gasteiger charge is 2.29. The van der Waals surface area contributed by atoms with Gasteiger partial charge in [0.05, 0.1) is 10.7 Å². The summed E-state index contributed by atoms with van der Waals surface area (Å²) in [6.45, 7) is 9.94. The molecule has 1 aliphatic rings. The van der Waals surface area contributed by atoms with Crippen molar-refractivity contribution in [3.63, 3.8) is 0 Å². The minimum atomic E-state index is 0.430. The van der Waals surface area contributed by atoms with Crippen molar-refractivity contribution in [2.24, 2.45) is 0 Å². The second-order valence-corrected chi connectivity index (χ2v) is 8.10. The zero-order valence-electron chi connectivity index (χ0n) is 11.2. The van der Waals surface area contributed by atoms with Gasteiger partial charge in [-0.2, -0.15) is 11.8 Å². The van der Waals surface area contributed by atoms with E-state index in [0.29, 0.717) is 10.8 Å². The second kappa shape index (κ2) is 5.29. The van der Waals surface area contributed by atoms with E-state index in [0.717, 1.165) is 6.54 Å². The first kappa shape index (κ1) is 13.4. The summed E-state index contributed by atoms with van der Waals surface area (Å²) in [5.74, 6) is 1.32. The highest BCUT2D eigenvalue weighted by molar-refractivity contribution is 8.00.